The topological polar surface area (TPSA) is 111 Å². The highest BCUT2D eigenvalue weighted by Gasteiger charge is 2.72. The first-order valence-corrected chi connectivity index (χ1v) is 18.8. The molecule has 5 aliphatic carbocycles. The Hall–Kier alpha value is -0.990. The SMILES string of the molecule is CC(O)O[C@@H]1C[C@@]23COC[C@](C)([C@@H]2CC[C@H]2C3=CC[C@@]3(C)[C@H](C(=O)O)[C@@](C)([C@H](C)C(C)C)CC[C@]23C)[C@H]1OCC(N)C1CCCC1. The lowest BCUT2D eigenvalue weighted by Gasteiger charge is -2.71. The van der Waals surface area contributed by atoms with Crippen molar-refractivity contribution < 1.29 is 29.2 Å². The molecule has 1 saturated heterocycles. The van der Waals surface area contributed by atoms with Gasteiger partial charge in [0.15, 0.2) is 6.29 Å². The third kappa shape index (κ3) is 5.02. The molecule has 0 amide bonds. The molecule has 0 aromatic rings. The molecule has 1 heterocycles. The van der Waals surface area contributed by atoms with Crippen LogP contribution in [0.2, 0.25) is 0 Å². The molecular weight excluding hydrogens is 578 g/mol. The molecule has 13 atom stereocenters. The van der Waals surface area contributed by atoms with Crippen LogP contribution in [0, 0.1) is 62.6 Å². The number of allylic oxidation sites excluding steroid dienone is 1. The molecule has 0 aromatic carbocycles. The van der Waals surface area contributed by atoms with E-state index in [1.165, 1.54) is 31.3 Å². The van der Waals surface area contributed by atoms with Crippen molar-refractivity contribution >= 4 is 5.97 Å². The average molecular weight is 644 g/mol. The molecular formula is C39H65NO6. The Balaban J connectivity index is 1.37. The molecule has 0 radical (unpaired) electrons. The van der Waals surface area contributed by atoms with Crippen LogP contribution in [0.1, 0.15) is 120 Å². The number of carboxylic acid groups (broad SMARTS) is 1. The summed E-state index contributed by atoms with van der Waals surface area (Å²) >= 11 is 0. The van der Waals surface area contributed by atoms with Gasteiger partial charge in [-0.3, -0.25) is 4.79 Å². The molecule has 5 fully saturated rings. The van der Waals surface area contributed by atoms with Gasteiger partial charge in [-0.25, -0.2) is 0 Å². The number of nitrogens with two attached hydrogens (primary N) is 1. The van der Waals surface area contributed by atoms with Crippen LogP contribution in [-0.2, 0) is 19.0 Å². The van der Waals surface area contributed by atoms with Gasteiger partial charge in [-0.15, -0.1) is 0 Å². The number of hydrogen-bond acceptors (Lipinski definition) is 6. The molecule has 6 aliphatic rings. The maximum absolute atomic E-state index is 13.4. The number of rotatable bonds is 9. The van der Waals surface area contributed by atoms with Gasteiger partial charge in [-0.1, -0.05) is 73.0 Å². The lowest BCUT2D eigenvalue weighted by Crippen LogP contribution is -2.70. The number of aliphatic hydroxyl groups is 1. The van der Waals surface area contributed by atoms with E-state index >= 15 is 0 Å². The smallest absolute Gasteiger partial charge is 0.307 e. The molecule has 4 N–H and O–H groups in total. The molecule has 46 heavy (non-hydrogen) atoms. The number of aliphatic carboxylic acids is 1. The fourth-order valence-corrected chi connectivity index (χ4v) is 13.0. The van der Waals surface area contributed by atoms with Crippen LogP contribution in [0.15, 0.2) is 11.6 Å². The number of carbonyl (C=O) groups is 1. The molecule has 2 bridgehead atoms. The Labute approximate surface area is 278 Å². The van der Waals surface area contributed by atoms with Gasteiger partial charge in [0.1, 0.15) is 0 Å². The summed E-state index contributed by atoms with van der Waals surface area (Å²) in [6, 6.07) is 0.0153. The summed E-state index contributed by atoms with van der Waals surface area (Å²) in [5.41, 5.74) is 6.97. The second kappa shape index (κ2) is 12.1. The van der Waals surface area contributed by atoms with E-state index in [9.17, 15) is 15.0 Å². The average Bonchev–Trinajstić information content (AvgIpc) is 3.52. The maximum atomic E-state index is 13.4. The number of carboxylic acids is 1. The summed E-state index contributed by atoms with van der Waals surface area (Å²) in [5, 5.41) is 21.6. The van der Waals surface area contributed by atoms with Crippen LogP contribution in [0.25, 0.3) is 0 Å². The highest BCUT2D eigenvalue weighted by Crippen LogP contribution is 2.75. The third-order valence-electron chi connectivity index (χ3n) is 15.9. The fourth-order valence-electron chi connectivity index (χ4n) is 13.0. The zero-order valence-electron chi connectivity index (χ0n) is 30.1. The van der Waals surface area contributed by atoms with Crippen molar-refractivity contribution in [2.75, 3.05) is 19.8 Å². The zero-order valence-corrected chi connectivity index (χ0v) is 30.1. The first kappa shape index (κ1) is 34.9. The minimum atomic E-state index is -0.895. The van der Waals surface area contributed by atoms with Gasteiger partial charge < -0.3 is 30.2 Å². The maximum Gasteiger partial charge on any atom is 0.307 e. The number of hydrogen-bond donors (Lipinski definition) is 3. The van der Waals surface area contributed by atoms with Crippen molar-refractivity contribution in [2.45, 2.75) is 144 Å². The molecule has 0 spiro atoms. The van der Waals surface area contributed by atoms with Gasteiger partial charge in [-0.2, -0.15) is 0 Å². The summed E-state index contributed by atoms with van der Waals surface area (Å²) in [5.74, 6) is 0.902. The lowest BCUT2D eigenvalue weighted by atomic mass is 9.34. The van der Waals surface area contributed by atoms with Crippen molar-refractivity contribution in [3.8, 4) is 0 Å². The molecule has 1 aliphatic heterocycles. The summed E-state index contributed by atoms with van der Waals surface area (Å²) < 4.78 is 19.9. The standard InChI is InChI=1S/C39H65NO6/c1-23(2)24(3)35(5)17-18-37(7)27-13-14-31-36(6)21-44-22-39(31,28(27)15-16-38(37,8)32(35)34(42)43)19-30(46-25(4)41)33(36)45-20-29(40)26-11-9-10-12-26/h15,23-27,29-33,41H,9-14,16-22,40H2,1-8H3,(H,42,43)/t24-,25?,27+,29?,30-,31+,32-,33+,35-,36-,37-,38+,39+/m1/s1. The molecule has 2 unspecified atom stereocenters. The van der Waals surface area contributed by atoms with Gasteiger partial charge in [0.25, 0.3) is 0 Å². The Kier molecular flexibility index (Phi) is 9.17. The molecule has 6 rings (SSSR count). The Bertz CT molecular complexity index is 1180. The highest BCUT2D eigenvalue weighted by atomic mass is 16.6. The summed E-state index contributed by atoms with van der Waals surface area (Å²) in [4.78, 5) is 13.4. The Morgan fingerprint density at radius 2 is 1.72 bits per heavy atom. The quantitative estimate of drug-likeness (QED) is 0.180. The second-order valence-corrected chi connectivity index (χ2v) is 18.3. The number of ether oxygens (including phenoxy) is 3. The van der Waals surface area contributed by atoms with Crippen LogP contribution >= 0.6 is 0 Å². The predicted octanol–water partition coefficient (Wildman–Crippen LogP) is 7.20. The van der Waals surface area contributed by atoms with E-state index < -0.39 is 18.2 Å². The normalized spacial score (nSPS) is 47.7. The summed E-state index contributed by atoms with van der Waals surface area (Å²) in [7, 11) is 0. The third-order valence-corrected chi connectivity index (χ3v) is 15.9. The minimum Gasteiger partial charge on any atom is -0.481 e. The predicted molar refractivity (Wildman–Crippen MR) is 180 cm³/mol. The minimum absolute atomic E-state index is 0.0153. The molecule has 4 saturated carbocycles. The molecule has 7 heteroatoms. The number of fused-ring (bicyclic) bond motifs is 3. The number of aliphatic hydroxyl groups excluding tert-OH is 1. The van der Waals surface area contributed by atoms with E-state index in [0.29, 0.717) is 49.4 Å². The highest BCUT2D eigenvalue weighted by molar-refractivity contribution is 5.73. The summed E-state index contributed by atoms with van der Waals surface area (Å²) in [6.07, 6.45) is 11.6. The monoisotopic (exact) mass is 643 g/mol. The van der Waals surface area contributed by atoms with Crippen molar-refractivity contribution in [1.29, 1.82) is 0 Å². The van der Waals surface area contributed by atoms with Crippen LogP contribution in [-0.4, -0.2) is 60.5 Å². The van der Waals surface area contributed by atoms with Crippen LogP contribution in [0.3, 0.4) is 0 Å². The van der Waals surface area contributed by atoms with Gasteiger partial charge in [0.05, 0.1) is 37.9 Å². The second-order valence-electron chi connectivity index (χ2n) is 18.3. The molecule has 7 nitrogen and oxygen atoms in total. The van der Waals surface area contributed by atoms with Crippen LogP contribution in [0.5, 0.6) is 0 Å². The van der Waals surface area contributed by atoms with E-state index in [-0.39, 0.29) is 45.3 Å². The van der Waals surface area contributed by atoms with Crippen molar-refractivity contribution in [1.82, 2.24) is 0 Å². The Morgan fingerprint density at radius 1 is 1.02 bits per heavy atom. The Morgan fingerprint density at radius 3 is 2.35 bits per heavy atom. The van der Waals surface area contributed by atoms with Gasteiger partial charge in [-0.05, 0) is 104 Å². The van der Waals surface area contributed by atoms with E-state index in [4.69, 9.17) is 19.9 Å². The molecule has 262 valence electrons. The van der Waals surface area contributed by atoms with Crippen molar-refractivity contribution in [2.24, 2.45) is 68.3 Å². The zero-order chi connectivity index (χ0) is 33.4. The van der Waals surface area contributed by atoms with Gasteiger partial charge in [0.2, 0.25) is 0 Å². The first-order valence-electron chi connectivity index (χ1n) is 18.8. The van der Waals surface area contributed by atoms with Crippen LogP contribution < -0.4 is 5.73 Å². The van der Waals surface area contributed by atoms with Gasteiger partial charge >= 0.3 is 5.97 Å². The van der Waals surface area contributed by atoms with E-state index in [0.717, 1.165) is 38.5 Å². The molecule has 0 aromatic heterocycles. The summed E-state index contributed by atoms with van der Waals surface area (Å²) in [6.45, 7) is 19.6. The van der Waals surface area contributed by atoms with E-state index in [2.05, 4.69) is 54.5 Å². The van der Waals surface area contributed by atoms with E-state index in [1.807, 2.05) is 0 Å². The van der Waals surface area contributed by atoms with Crippen molar-refractivity contribution in [3.63, 3.8) is 0 Å². The van der Waals surface area contributed by atoms with Gasteiger partial charge in [0, 0.05) is 16.9 Å². The largest absolute Gasteiger partial charge is 0.481 e. The van der Waals surface area contributed by atoms with E-state index in [1.54, 1.807) is 6.92 Å². The first-order chi connectivity index (χ1) is 21.5. The fraction of sp³-hybridized carbons (Fsp3) is 0.923. The lowest BCUT2D eigenvalue weighted by molar-refractivity contribution is -0.288. The van der Waals surface area contributed by atoms with Crippen molar-refractivity contribution in [3.05, 3.63) is 11.6 Å². The van der Waals surface area contributed by atoms with Crippen LogP contribution in [0.4, 0.5) is 0 Å².